The van der Waals surface area contributed by atoms with E-state index in [9.17, 15) is 26.3 Å². The van der Waals surface area contributed by atoms with E-state index in [2.05, 4.69) is 10.0 Å². The predicted molar refractivity (Wildman–Crippen MR) is 140 cm³/mol. The van der Waals surface area contributed by atoms with Crippen LogP contribution in [0.1, 0.15) is 19.3 Å². The van der Waals surface area contributed by atoms with E-state index in [1.807, 2.05) is 0 Å². The van der Waals surface area contributed by atoms with Crippen molar-refractivity contribution in [2.75, 3.05) is 47.0 Å². The Morgan fingerprint density at radius 1 is 1.15 bits per heavy atom. The molecule has 216 valence electrons. The fraction of sp³-hybridized carbons (Fsp3) is 0.520. The number of aliphatic hydroxyl groups is 1. The van der Waals surface area contributed by atoms with E-state index in [4.69, 9.17) is 14.2 Å². The summed E-state index contributed by atoms with van der Waals surface area (Å²) in [4.78, 5) is -0.0475. The summed E-state index contributed by atoms with van der Waals surface area (Å²) in [6, 6.07) is 9.59. The normalized spacial score (nSPS) is 20.7. The number of benzene rings is 2. The van der Waals surface area contributed by atoms with Gasteiger partial charge >= 0.3 is 0 Å². The van der Waals surface area contributed by atoms with Crippen molar-refractivity contribution in [1.82, 2.24) is 14.3 Å². The highest BCUT2D eigenvalue weighted by Crippen LogP contribution is 2.37. The highest BCUT2D eigenvalue weighted by Gasteiger charge is 2.44. The second kappa shape index (κ2) is 12.0. The molecular formula is C25H34FN3O8S2. The summed E-state index contributed by atoms with van der Waals surface area (Å²) in [7, 11) is -4.81. The van der Waals surface area contributed by atoms with Gasteiger partial charge in [-0.25, -0.2) is 25.9 Å². The van der Waals surface area contributed by atoms with Crippen molar-refractivity contribution < 1.29 is 40.5 Å². The number of rotatable bonds is 11. The molecule has 0 amide bonds. The van der Waals surface area contributed by atoms with E-state index in [1.54, 1.807) is 12.1 Å². The Labute approximate surface area is 228 Å². The van der Waals surface area contributed by atoms with Gasteiger partial charge in [-0.1, -0.05) is 6.07 Å². The van der Waals surface area contributed by atoms with Gasteiger partial charge in [-0.3, -0.25) is 0 Å². The lowest BCUT2D eigenvalue weighted by atomic mass is 9.88. The molecule has 0 radical (unpaired) electrons. The molecule has 3 N–H and O–H groups in total. The lowest BCUT2D eigenvalue weighted by Gasteiger charge is -2.38. The molecule has 11 nitrogen and oxygen atoms in total. The van der Waals surface area contributed by atoms with Gasteiger partial charge in [0.2, 0.25) is 20.0 Å². The fourth-order valence-corrected chi connectivity index (χ4v) is 7.04. The first-order valence-electron chi connectivity index (χ1n) is 12.5. The molecule has 0 aromatic heterocycles. The molecule has 2 aliphatic rings. The Morgan fingerprint density at radius 2 is 1.90 bits per heavy atom. The lowest BCUT2D eigenvalue weighted by Crippen LogP contribution is -2.47. The molecule has 1 spiro atoms. The predicted octanol–water partition coefficient (Wildman–Crippen LogP) is 1.08. The highest BCUT2D eigenvalue weighted by atomic mass is 32.2. The lowest BCUT2D eigenvalue weighted by molar-refractivity contribution is -0.0312. The van der Waals surface area contributed by atoms with Crippen molar-refractivity contribution in [3.05, 3.63) is 48.3 Å². The molecular weight excluding hydrogens is 553 g/mol. The molecule has 4 rings (SSSR count). The van der Waals surface area contributed by atoms with Gasteiger partial charge < -0.3 is 24.6 Å². The summed E-state index contributed by atoms with van der Waals surface area (Å²) in [5, 5.41) is 13.6. The van der Waals surface area contributed by atoms with Crippen molar-refractivity contribution in [1.29, 1.82) is 0 Å². The minimum absolute atomic E-state index is 0.0182. The second-order valence-electron chi connectivity index (χ2n) is 9.65. The first-order valence-corrected chi connectivity index (χ1v) is 15.5. The molecule has 0 bridgehead atoms. The number of piperidine rings is 1. The zero-order valence-electron chi connectivity index (χ0n) is 21.8. The Kier molecular flexibility index (Phi) is 9.15. The van der Waals surface area contributed by atoms with Gasteiger partial charge in [0, 0.05) is 31.7 Å². The highest BCUT2D eigenvalue weighted by molar-refractivity contribution is 7.89. The molecule has 14 heteroatoms. The van der Waals surface area contributed by atoms with Crippen molar-refractivity contribution >= 4 is 20.0 Å². The van der Waals surface area contributed by atoms with Crippen LogP contribution in [0.25, 0.3) is 0 Å². The van der Waals surface area contributed by atoms with Gasteiger partial charge in [-0.05, 0) is 56.6 Å². The van der Waals surface area contributed by atoms with Crippen LogP contribution in [-0.4, -0.2) is 91.0 Å². The monoisotopic (exact) mass is 587 g/mol. The first kappa shape index (κ1) is 29.6. The van der Waals surface area contributed by atoms with Crippen LogP contribution in [0, 0.1) is 5.82 Å². The van der Waals surface area contributed by atoms with E-state index in [0.717, 1.165) is 6.07 Å². The van der Waals surface area contributed by atoms with Crippen LogP contribution in [0.5, 0.6) is 11.5 Å². The Hall–Kier alpha value is -2.33. The summed E-state index contributed by atoms with van der Waals surface area (Å²) in [5.41, 5.74) is -0.463. The third-order valence-corrected chi connectivity index (χ3v) is 10.4. The Bertz CT molecular complexity index is 1370. The van der Waals surface area contributed by atoms with Gasteiger partial charge in [-0.15, -0.1) is 0 Å². The smallest absolute Gasteiger partial charge is 0.243 e. The van der Waals surface area contributed by atoms with E-state index >= 15 is 0 Å². The van der Waals surface area contributed by atoms with Crippen LogP contribution in [-0.2, 0) is 24.8 Å². The van der Waals surface area contributed by atoms with E-state index in [0.29, 0.717) is 31.6 Å². The number of hydrogen-bond acceptors (Lipinski definition) is 9. The fourth-order valence-electron chi connectivity index (χ4n) is 4.82. The van der Waals surface area contributed by atoms with Gasteiger partial charge in [0.25, 0.3) is 0 Å². The molecule has 0 saturated carbocycles. The van der Waals surface area contributed by atoms with Crippen LogP contribution < -0.4 is 19.5 Å². The summed E-state index contributed by atoms with van der Waals surface area (Å²) in [6.07, 6.45) is 0.819. The van der Waals surface area contributed by atoms with E-state index in [1.165, 1.54) is 42.7 Å². The second-order valence-corrected chi connectivity index (χ2v) is 13.5. The van der Waals surface area contributed by atoms with Crippen LogP contribution in [0.3, 0.4) is 0 Å². The molecule has 2 aromatic rings. The van der Waals surface area contributed by atoms with Gasteiger partial charge in [0.1, 0.15) is 18.5 Å². The van der Waals surface area contributed by atoms with Crippen molar-refractivity contribution in [3.63, 3.8) is 0 Å². The number of aliphatic hydroxyl groups excluding tert-OH is 1. The Morgan fingerprint density at radius 3 is 2.56 bits per heavy atom. The third kappa shape index (κ3) is 6.88. The summed E-state index contributed by atoms with van der Waals surface area (Å²) in [5.74, 6) is -0.425. The van der Waals surface area contributed by atoms with Crippen LogP contribution >= 0.6 is 0 Å². The molecule has 2 fully saturated rings. The number of nitrogens with zero attached hydrogens (tertiary/aromatic N) is 1. The number of sulfonamides is 2. The van der Waals surface area contributed by atoms with E-state index < -0.39 is 37.6 Å². The minimum Gasteiger partial charge on any atom is -0.494 e. The van der Waals surface area contributed by atoms with Crippen molar-refractivity contribution in [2.45, 2.75) is 46.8 Å². The maximum atomic E-state index is 14.1. The molecule has 2 saturated heterocycles. The summed E-state index contributed by atoms with van der Waals surface area (Å²) >= 11 is 0. The summed E-state index contributed by atoms with van der Waals surface area (Å²) in [6.45, 7) is 1.13. The molecule has 2 aromatic carbocycles. The number of halogens is 1. The molecule has 2 atom stereocenters. The van der Waals surface area contributed by atoms with Gasteiger partial charge in [0.05, 0.1) is 29.1 Å². The number of hydrogen-bond donors (Lipinski definition) is 3. The van der Waals surface area contributed by atoms with Crippen LogP contribution in [0.2, 0.25) is 0 Å². The minimum atomic E-state index is -3.85. The number of nitrogens with one attached hydrogen (secondary N) is 2. The largest absolute Gasteiger partial charge is 0.494 e. The van der Waals surface area contributed by atoms with Crippen molar-refractivity contribution in [2.24, 2.45) is 0 Å². The van der Waals surface area contributed by atoms with E-state index in [-0.39, 0.29) is 47.8 Å². The third-order valence-electron chi connectivity index (χ3n) is 7.07. The zero-order chi connectivity index (χ0) is 28.3. The standard InChI is InChI=1S/C25H34FN3O8S2/c1-27-38(31,32)21-5-3-4-20(12-21)36-17-19(30)15-28-18-14-25(37-16-18)8-10-29(11-9-25)39(33,34)22-6-7-24(35-2)23(26)13-22/h3-7,12-13,18-19,27-28,30H,8-11,14-17H2,1-2H3. The number of ether oxygens (including phenoxy) is 3. The number of methoxy groups -OCH3 is 1. The van der Waals surface area contributed by atoms with Gasteiger partial charge in [-0.2, -0.15) is 4.31 Å². The zero-order valence-corrected chi connectivity index (χ0v) is 23.4. The molecule has 39 heavy (non-hydrogen) atoms. The average Bonchev–Trinajstić information content (AvgIpc) is 3.33. The molecule has 2 unspecified atom stereocenters. The topological polar surface area (TPSA) is 144 Å². The van der Waals surface area contributed by atoms with Crippen LogP contribution in [0.15, 0.2) is 52.3 Å². The molecule has 2 heterocycles. The van der Waals surface area contributed by atoms with Gasteiger partial charge in [0.15, 0.2) is 11.6 Å². The quantitative estimate of drug-likeness (QED) is 0.352. The molecule has 0 aliphatic carbocycles. The average molecular weight is 588 g/mol. The summed E-state index contributed by atoms with van der Waals surface area (Å²) < 4.78 is 84.1. The first-order chi connectivity index (χ1) is 18.5. The Balaban J connectivity index is 1.24. The van der Waals surface area contributed by atoms with Crippen LogP contribution in [0.4, 0.5) is 4.39 Å². The maximum Gasteiger partial charge on any atom is 0.243 e. The van der Waals surface area contributed by atoms with Crippen molar-refractivity contribution in [3.8, 4) is 11.5 Å². The molecule has 2 aliphatic heterocycles. The SMILES string of the molecule is CNS(=O)(=O)c1cccc(OCC(O)CNC2COC3(CCN(S(=O)(=O)c4ccc(OC)c(F)c4)CC3)C2)c1. The maximum absolute atomic E-state index is 14.1.